The number of esters is 1. The van der Waals surface area contributed by atoms with Gasteiger partial charge in [-0.15, -0.1) is 0 Å². The molecule has 0 amide bonds. The third-order valence-electron chi connectivity index (χ3n) is 9.91. The van der Waals surface area contributed by atoms with Crippen LogP contribution in [0.4, 0.5) is 28.9 Å². The molecule has 14 heteroatoms. The summed E-state index contributed by atoms with van der Waals surface area (Å²) < 4.78 is 73.9. The standard InChI is InChI=1S/C37H44F4N6O4/c1-5-50-31-18-24(17-30(43-31)37(39,40)41)28-20-29(46(3)21-36(22-49-4)13-7-8-14-36)32-34(42-28)45-33(44-32)26-10-9-25(19-27(26)38)47-15-11-23(12-16-47)35(48)51-6-2/h9-10,17-20,23H,5-8,11-16,21-22H2,1-4H3,(H,42,44,45). The van der Waals surface area contributed by atoms with Crippen molar-refractivity contribution in [3.63, 3.8) is 0 Å². The van der Waals surface area contributed by atoms with E-state index in [0.29, 0.717) is 62.6 Å². The minimum atomic E-state index is -4.71. The first-order valence-corrected chi connectivity index (χ1v) is 17.5. The summed E-state index contributed by atoms with van der Waals surface area (Å²) >= 11 is 0. The monoisotopic (exact) mass is 712 g/mol. The summed E-state index contributed by atoms with van der Waals surface area (Å²) in [7, 11) is 3.61. The van der Waals surface area contributed by atoms with Crippen LogP contribution in [-0.2, 0) is 20.4 Å². The van der Waals surface area contributed by atoms with Gasteiger partial charge in [0.15, 0.2) is 5.65 Å². The van der Waals surface area contributed by atoms with E-state index in [1.54, 1.807) is 33.1 Å². The first-order valence-electron chi connectivity index (χ1n) is 17.5. The van der Waals surface area contributed by atoms with Crippen molar-refractivity contribution in [3.8, 4) is 28.5 Å². The number of aromatic nitrogens is 4. The summed E-state index contributed by atoms with van der Waals surface area (Å²) in [5.74, 6) is -0.783. The number of carbonyl (C=O) groups excluding carboxylic acids is 1. The number of anilines is 2. The fourth-order valence-corrected chi connectivity index (χ4v) is 7.46. The molecule has 2 aliphatic rings. The van der Waals surface area contributed by atoms with Gasteiger partial charge >= 0.3 is 12.1 Å². The largest absolute Gasteiger partial charge is 0.478 e. The van der Waals surface area contributed by atoms with E-state index in [1.807, 2.05) is 18.0 Å². The van der Waals surface area contributed by atoms with Crippen molar-refractivity contribution in [1.29, 1.82) is 0 Å². The molecule has 0 unspecified atom stereocenters. The number of pyridine rings is 2. The number of ether oxygens (including phenoxy) is 3. The Labute approximate surface area is 294 Å². The maximum atomic E-state index is 15.9. The maximum absolute atomic E-state index is 15.9. The summed E-state index contributed by atoms with van der Waals surface area (Å²) in [5, 5.41) is 0. The van der Waals surface area contributed by atoms with E-state index < -0.39 is 17.7 Å². The number of nitrogens with zero attached hydrogens (tertiary/aromatic N) is 5. The van der Waals surface area contributed by atoms with Gasteiger partial charge in [0, 0.05) is 56.5 Å². The highest BCUT2D eigenvalue weighted by Gasteiger charge is 2.37. The predicted octanol–water partition coefficient (Wildman–Crippen LogP) is 7.67. The third-order valence-corrected chi connectivity index (χ3v) is 9.91. The molecule has 3 aromatic heterocycles. The molecule has 1 saturated heterocycles. The number of benzene rings is 1. The Morgan fingerprint density at radius 3 is 2.43 bits per heavy atom. The number of fused-ring (bicyclic) bond motifs is 1. The minimum absolute atomic E-state index is 0.100. The highest BCUT2D eigenvalue weighted by Crippen LogP contribution is 2.42. The van der Waals surface area contributed by atoms with Gasteiger partial charge in [-0.05, 0) is 69.9 Å². The van der Waals surface area contributed by atoms with E-state index in [0.717, 1.165) is 31.7 Å². The average Bonchev–Trinajstić information content (AvgIpc) is 3.75. The maximum Gasteiger partial charge on any atom is 0.433 e. The van der Waals surface area contributed by atoms with Crippen LogP contribution in [0.5, 0.6) is 5.88 Å². The number of H-pyrrole nitrogens is 1. The number of alkyl halides is 3. The van der Waals surface area contributed by atoms with E-state index in [2.05, 4.69) is 24.8 Å². The lowest BCUT2D eigenvalue weighted by atomic mass is 9.86. The molecule has 6 rings (SSSR count). The summed E-state index contributed by atoms with van der Waals surface area (Å²) in [4.78, 5) is 32.6. The number of hydrogen-bond acceptors (Lipinski definition) is 9. The van der Waals surface area contributed by atoms with Crippen LogP contribution in [0.15, 0.2) is 36.4 Å². The van der Waals surface area contributed by atoms with Gasteiger partial charge in [0.2, 0.25) is 5.88 Å². The van der Waals surface area contributed by atoms with E-state index in [9.17, 15) is 18.0 Å². The molecule has 1 aliphatic heterocycles. The molecule has 4 heterocycles. The smallest absolute Gasteiger partial charge is 0.433 e. The number of rotatable bonds is 12. The lowest BCUT2D eigenvalue weighted by Crippen LogP contribution is -2.37. The molecule has 1 aliphatic carbocycles. The molecular weight excluding hydrogens is 668 g/mol. The second-order valence-electron chi connectivity index (χ2n) is 13.5. The molecule has 0 atom stereocenters. The zero-order valence-electron chi connectivity index (χ0n) is 29.4. The van der Waals surface area contributed by atoms with Gasteiger partial charge in [-0.2, -0.15) is 13.2 Å². The number of halogens is 4. The lowest BCUT2D eigenvalue weighted by Gasteiger charge is -2.34. The van der Waals surface area contributed by atoms with Gasteiger partial charge in [0.05, 0.1) is 42.7 Å². The fraction of sp³-hybridized carbons (Fsp3) is 0.514. The van der Waals surface area contributed by atoms with Crippen molar-refractivity contribution in [3.05, 3.63) is 47.9 Å². The highest BCUT2D eigenvalue weighted by molar-refractivity contribution is 5.91. The van der Waals surface area contributed by atoms with E-state index >= 15 is 4.39 Å². The molecule has 0 radical (unpaired) electrons. The van der Waals surface area contributed by atoms with Crippen LogP contribution in [0, 0.1) is 17.2 Å². The molecule has 2 fully saturated rings. The minimum Gasteiger partial charge on any atom is -0.478 e. The van der Waals surface area contributed by atoms with Gasteiger partial charge < -0.3 is 29.0 Å². The number of carbonyl (C=O) groups is 1. The molecule has 0 spiro atoms. The Hall–Kier alpha value is -4.46. The van der Waals surface area contributed by atoms with Gasteiger partial charge in [0.1, 0.15) is 22.9 Å². The molecule has 51 heavy (non-hydrogen) atoms. The van der Waals surface area contributed by atoms with Crippen LogP contribution >= 0.6 is 0 Å². The molecule has 1 N–H and O–H groups in total. The summed E-state index contributed by atoms with van der Waals surface area (Å²) in [5.41, 5.74) is 1.53. The van der Waals surface area contributed by atoms with Gasteiger partial charge in [-0.1, -0.05) is 12.8 Å². The van der Waals surface area contributed by atoms with Gasteiger partial charge in [-0.3, -0.25) is 4.79 Å². The summed E-state index contributed by atoms with van der Waals surface area (Å²) in [6, 6.07) is 9.04. The lowest BCUT2D eigenvalue weighted by molar-refractivity contribution is -0.148. The molecule has 1 saturated carbocycles. The van der Waals surface area contributed by atoms with E-state index in [-0.39, 0.29) is 58.1 Å². The Kier molecular flexibility index (Phi) is 10.7. The Bertz CT molecular complexity index is 1850. The van der Waals surface area contributed by atoms with Crippen LogP contribution in [0.2, 0.25) is 0 Å². The van der Waals surface area contributed by atoms with Crippen LogP contribution in [0.25, 0.3) is 33.8 Å². The average molecular weight is 713 g/mol. The van der Waals surface area contributed by atoms with Crippen molar-refractivity contribution in [2.75, 3.05) is 63.4 Å². The Morgan fingerprint density at radius 1 is 1.04 bits per heavy atom. The number of imidazole rings is 1. The van der Waals surface area contributed by atoms with Crippen molar-refractivity contribution in [2.24, 2.45) is 11.3 Å². The topological polar surface area (TPSA) is 106 Å². The number of methoxy groups -OCH3 is 1. The first kappa shape index (κ1) is 36.3. The molecule has 274 valence electrons. The number of hydrogen-bond donors (Lipinski definition) is 1. The first-order chi connectivity index (χ1) is 24.4. The Morgan fingerprint density at radius 2 is 1.78 bits per heavy atom. The van der Waals surface area contributed by atoms with Gasteiger partial charge in [-0.25, -0.2) is 19.3 Å². The van der Waals surface area contributed by atoms with E-state index in [4.69, 9.17) is 14.2 Å². The van der Waals surface area contributed by atoms with Gasteiger partial charge in [0.25, 0.3) is 0 Å². The SMILES string of the molecule is CCOC(=O)C1CCN(c2ccc(-c3nc4nc(-c5cc(OCC)nc(C(F)(F)F)c5)cc(N(C)CC5(COC)CCCC5)c4[nH]3)c(F)c2)CC1. The Balaban J connectivity index is 1.38. The van der Waals surface area contributed by atoms with Crippen LogP contribution in [0.3, 0.4) is 0 Å². The van der Waals surface area contributed by atoms with Crippen molar-refractivity contribution in [2.45, 2.75) is 58.5 Å². The molecule has 0 bridgehead atoms. The fourth-order valence-electron chi connectivity index (χ4n) is 7.46. The van der Waals surface area contributed by atoms with Crippen molar-refractivity contribution >= 4 is 28.5 Å². The van der Waals surface area contributed by atoms with Crippen LogP contribution in [0.1, 0.15) is 58.1 Å². The van der Waals surface area contributed by atoms with Crippen LogP contribution < -0.4 is 14.5 Å². The molecule has 4 aromatic rings. The quantitative estimate of drug-likeness (QED) is 0.117. The number of aromatic amines is 1. The second-order valence-corrected chi connectivity index (χ2v) is 13.5. The summed E-state index contributed by atoms with van der Waals surface area (Å²) in [6.45, 7) is 6.31. The zero-order valence-corrected chi connectivity index (χ0v) is 29.4. The molecule has 10 nitrogen and oxygen atoms in total. The van der Waals surface area contributed by atoms with Crippen molar-refractivity contribution in [1.82, 2.24) is 19.9 Å². The predicted molar refractivity (Wildman–Crippen MR) is 186 cm³/mol. The van der Waals surface area contributed by atoms with Crippen molar-refractivity contribution < 1.29 is 36.6 Å². The third kappa shape index (κ3) is 7.90. The normalized spacial score (nSPS) is 16.5. The summed E-state index contributed by atoms with van der Waals surface area (Å²) in [6.07, 6.45) is 0.661. The highest BCUT2D eigenvalue weighted by atomic mass is 19.4. The second kappa shape index (κ2) is 15.0. The molecule has 1 aromatic carbocycles. The number of nitrogens with one attached hydrogen (secondary N) is 1. The van der Waals surface area contributed by atoms with E-state index in [1.165, 1.54) is 12.1 Å². The zero-order chi connectivity index (χ0) is 36.3. The molecular formula is C37H44F4N6O4. The van der Waals surface area contributed by atoms with Crippen LogP contribution in [-0.4, -0.2) is 79.5 Å². The number of piperidine rings is 1.